The first-order valence-corrected chi connectivity index (χ1v) is 6.49. The lowest BCUT2D eigenvalue weighted by Crippen LogP contribution is -2.20. The number of hydrogen-bond donors (Lipinski definition) is 1. The van der Waals surface area contributed by atoms with Crippen LogP contribution in [0.5, 0.6) is 0 Å². The molecule has 2 heterocycles. The molecule has 2 aromatic heterocycles. The zero-order valence-electron chi connectivity index (χ0n) is 11.2. The zero-order chi connectivity index (χ0) is 13.9. The van der Waals surface area contributed by atoms with Crippen molar-refractivity contribution < 1.29 is 0 Å². The van der Waals surface area contributed by atoms with E-state index in [2.05, 4.69) is 10.3 Å². The maximum Gasteiger partial charge on any atom is 0.258 e. The Balaban J connectivity index is 2.07. The van der Waals surface area contributed by atoms with Gasteiger partial charge in [0, 0.05) is 30.4 Å². The Labute approximate surface area is 116 Å². The zero-order valence-corrected chi connectivity index (χ0v) is 11.2. The van der Waals surface area contributed by atoms with Gasteiger partial charge in [0.2, 0.25) is 0 Å². The van der Waals surface area contributed by atoms with E-state index in [1.165, 1.54) is 0 Å². The summed E-state index contributed by atoms with van der Waals surface area (Å²) in [6.45, 7) is 0.508. The molecule has 1 aromatic carbocycles. The van der Waals surface area contributed by atoms with Crippen molar-refractivity contribution in [2.45, 2.75) is 6.54 Å². The number of benzene rings is 1. The van der Waals surface area contributed by atoms with Crippen molar-refractivity contribution in [1.82, 2.24) is 9.55 Å². The lowest BCUT2D eigenvalue weighted by atomic mass is 10.1. The van der Waals surface area contributed by atoms with Gasteiger partial charge in [0.15, 0.2) is 0 Å². The lowest BCUT2D eigenvalue weighted by molar-refractivity contribution is 0.766. The number of hydrogen-bond acceptors (Lipinski definition) is 3. The highest BCUT2D eigenvalue weighted by atomic mass is 16.1. The first kappa shape index (κ1) is 12.4. The minimum Gasteiger partial charge on any atom is -0.373 e. The highest BCUT2D eigenvalue weighted by molar-refractivity contribution is 5.81. The number of rotatable bonds is 3. The molecule has 1 N–H and O–H groups in total. The Kier molecular flexibility index (Phi) is 3.21. The Morgan fingerprint density at radius 1 is 1.15 bits per heavy atom. The Hall–Kier alpha value is -2.62. The SMILES string of the molecule is CNc1ncccc1Cn1ccc2ccccc2c1=O. The predicted molar refractivity (Wildman–Crippen MR) is 81.1 cm³/mol. The first-order valence-electron chi connectivity index (χ1n) is 6.49. The third-order valence-corrected chi connectivity index (χ3v) is 3.35. The molecule has 0 amide bonds. The van der Waals surface area contributed by atoms with Crippen molar-refractivity contribution >= 4 is 16.6 Å². The van der Waals surface area contributed by atoms with Crippen LogP contribution in [0, 0.1) is 0 Å². The van der Waals surface area contributed by atoms with Crippen LogP contribution < -0.4 is 10.9 Å². The minimum atomic E-state index is 0.0222. The molecule has 0 aliphatic heterocycles. The summed E-state index contributed by atoms with van der Waals surface area (Å²) in [5.41, 5.74) is 1.02. The normalized spacial score (nSPS) is 10.7. The van der Waals surface area contributed by atoms with Crippen LogP contribution in [0.25, 0.3) is 10.8 Å². The molecule has 0 aliphatic rings. The van der Waals surface area contributed by atoms with Gasteiger partial charge in [-0.2, -0.15) is 0 Å². The Bertz CT molecular complexity index is 808. The Morgan fingerprint density at radius 3 is 2.85 bits per heavy atom. The lowest BCUT2D eigenvalue weighted by Gasteiger charge is -2.10. The second-order valence-corrected chi connectivity index (χ2v) is 4.60. The number of pyridine rings is 2. The van der Waals surface area contributed by atoms with E-state index in [4.69, 9.17) is 0 Å². The van der Waals surface area contributed by atoms with Gasteiger partial charge in [-0.1, -0.05) is 24.3 Å². The molecule has 3 rings (SSSR count). The summed E-state index contributed by atoms with van der Waals surface area (Å²) >= 11 is 0. The van der Waals surface area contributed by atoms with Gasteiger partial charge in [-0.3, -0.25) is 4.79 Å². The van der Waals surface area contributed by atoms with Crippen LogP contribution in [-0.4, -0.2) is 16.6 Å². The topological polar surface area (TPSA) is 46.9 Å². The van der Waals surface area contributed by atoms with Crippen molar-refractivity contribution in [2.24, 2.45) is 0 Å². The molecule has 0 aliphatic carbocycles. The van der Waals surface area contributed by atoms with Crippen LogP contribution >= 0.6 is 0 Å². The number of anilines is 1. The fourth-order valence-corrected chi connectivity index (χ4v) is 2.33. The van der Waals surface area contributed by atoms with E-state index in [1.54, 1.807) is 10.8 Å². The molecule has 100 valence electrons. The third-order valence-electron chi connectivity index (χ3n) is 3.35. The van der Waals surface area contributed by atoms with Crippen LogP contribution in [0.4, 0.5) is 5.82 Å². The van der Waals surface area contributed by atoms with Gasteiger partial charge in [-0.15, -0.1) is 0 Å². The molecule has 0 radical (unpaired) electrons. The van der Waals surface area contributed by atoms with Gasteiger partial charge >= 0.3 is 0 Å². The number of aromatic nitrogens is 2. The second kappa shape index (κ2) is 5.17. The van der Waals surface area contributed by atoms with Crippen LogP contribution in [0.15, 0.2) is 59.7 Å². The average molecular weight is 265 g/mol. The minimum absolute atomic E-state index is 0.0222. The molecule has 3 aromatic rings. The summed E-state index contributed by atoms with van der Waals surface area (Å²) in [5.74, 6) is 0.799. The van der Waals surface area contributed by atoms with Crippen molar-refractivity contribution in [3.8, 4) is 0 Å². The number of fused-ring (bicyclic) bond motifs is 1. The van der Waals surface area contributed by atoms with Gasteiger partial charge < -0.3 is 9.88 Å². The van der Waals surface area contributed by atoms with E-state index in [-0.39, 0.29) is 5.56 Å². The number of nitrogens with one attached hydrogen (secondary N) is 1. The van der Waals surface area contributed by atoms with E-state index < -0.39 is 0 Å². The first-order chi connectivity index (χ1) is 9.79. The van der Waals surface area contributed by atoms with E-state index in [0.717, 1.165) is 22.2 Å². The summed E-state index contributed by atoms with van der Waals surface area (Å²) < 4.78 is 1.71. The van der Waals surface area contributed by atoms with Crippen molar-refractivity contribution in [2.75, 3.05) is 12.4 Å². The van der Waals surface area contributed by atoms with Gasteiger partial charge in [0.05, 0.1) is 6.54 Å². The molecular formula is C16H15N3O. The fraction of sp³-hybridized carbons (Fsp3) is 0.125. The molecule has 0 bridgehead atoms. The fourth-order valence-electron chi connectivity index (χ4n) is 2.33. The maximum absolute atomic E-state index is 12.5. The van der Waals surface area contributed by atoms with Crippen molar-refractivity contribution in [3.63, 3.8) is 0 Å². The molecule has 4 heteroatoms. The Morgan fingerprint density at radius 2 is 2.00 bits per heavy atom. The molecule has 0 saturated carbocycles. The number of nitrogens with zero attached hydrogens (tertiary/aromatic N) is 2. The van der Waals surface area contributed by atoms with Crippen LogP contribution in [0.3, 0.4) is 0 Å². The largest absolute Gasteiger partial charge is 0.373 e. The highest BCUT2D eigenvalue weighted by Gasteiger charge is 2.06. The molecule has 4 nitrogen and oxygen atoms in total. The van der Waals surface area contributed by atoms with Crippen LogP contribution in [-0.2, 0) is 6.54 Å². The van der Waals surface area contributed by atoms with E-state index >= 15 is 0 Å². The van der Waals surface area contributed by atoms with Gasteiger partial charge in [0.25, 0.3) is 5.56 Å². The molecule has 0 atom stereocenters. The predicted octanol–water partition coefficient (Wildman–Crippen LogP) is 2.49. The average Bonchev–Trinajstić information content (AvgIpc) is 2.51. The van der Waals surface area contributed by atoms with Crippen molar-refractivity contribution in [1.29, 1.82) is 0 Å². The smallest absolute Gasteiger partial charge is 0.258 e. The summed E-state index contributed by atoms with van der Waals surface area (Å²) in [7, 11) is 1.83. The molecule has 20 heavy (non-hydrogen) atoms. The van der Waals surface area contributed by atoms with E-state index in [1.807, 2.05) is 55.7 Å². The highest BCUT2D eigenvalue weighted by Crippen LogP contribution is 2.13. The van der Waals surface area contributed by atoms with Crippen molar-refractivity contribution in [3.05, 3.63) is 70.8 Å². The molecule has 0 unspecified atom stereocenters. The van der Waals surface area contributed by atoms with Crippen LogP contribution in [0.1, 0.15) is 5.56 Å². The maximum atomic E-state index is 12.5. The van der Waals surface area contributed by atoms with E-state index in [0.29, 0.717) is 6.54 Å². The summed E-state index contributed by atoms with van der Waals surface area (Å²) in [5, 5.41) is 4.75. The summed E-state index contributed by atoms with van der Waals surface area (Å²) in [4.78, 5) is 16.7. The molecular weight excluding hydrogens is 250 g/mol. The van der Waals surface area contributed by atoms with Gasteiger partial charge in [-0.25, -0.2) is 4.98 Å². The second-order valence-electron chi connectivity index (χ2n) is 4.60. The standard InChI is InChI=1S/C16H15N3O/c1-17-15-13(6-4-9-18-15)11-19-10-8-12-5-2-3-7-14(12)16(19)20/h2-10H,11H2,1H3,(H,17,18). The monoisotopic (exact) mass is 265 g/mol. The quantitative estimate of drug-likeness (QED) is 0.791. The molecule has 0 spiro atoms. The summed E-state index contributed by atoms with van der Waals surface area (Å²) in [6.07, 6.45) is 3.57. The molecule has 0 fully saturated rings. The van der Waals surface area contributed by atoms with E-state index in [9.17, 15) is 4.79 Å². The van der Waals surface area contributed by atoms with Gasteiger partial charge in [-0.05, 0) is 23.6 Å². The molecule has 0 saturated heterocycles. The van der Waals surface area contributed by atoms with Gasteiger partial charge in [0.1, 0.15) is 5.82 Å². The summed E-state index contributed by atoms with van der Waals surface area (Å²) in [6, 6.07) is 13.4. The van der Waals surface area contributed by atoms with Crippen LogP contribution in [0.2, 0.25) is 0 Å². The third kappa shape index (κ3) is 2.16.